The third-order valence-corrected chi connectivity index (χ3v) is 6.33. The van der Waals surface area contributed by atoms with Crippen LogP contribution in [0.25, 0.3) is 0 Å². The summed E-state index contributed by atoms with van der Waals surface area (Å²) in [5.74, 6) is -0.512. The molecule has 1 aliphatic carbocycles. The largest absolute Gasteiger partial charge is 0.493 e. The van der Waals surface area contributed by atoms with Gasteiger partial charge in [-0.25, -0.2) is 0 Å². The number of Topliss-reactive ketones (excluding diaryl/α,β-unsaturated/α-hetero) is 1. The zero-order chi connectivity index (χ0) is 23.4. The second-order valence-corrected chi connectivity index (χ2v) is 8.33. The summed E-state index contributed by atoms with van der Waals surface area (Å²) in [6, 6.07) is 15.4. The van der Waals surface area contributed by atoms with E-state index in [-0.39, 0.29) is 18.4 Å². The number of nitrogens with zero attached hydrogens (tertiary/aromatic N) is 1. The van der Waals surface area contributed by atoms with Gasteiger partial charge in [0.05, 0.1) is 20.8 Å². The molecule has 0 radical (unpaired) electrons. The van der Waals surface area contributed by atoms with Crippen molar-refractivity contribution in [3.63, 3.8) is 0 Å². The van der Waals surface area contributed by atoms with Crippen LogP contribution in [0, 0.1) is 5.92 Å². The van der Waals surface area contributed by atoms with Crippen LogP contribution in [0.5, 0.6) is 11.5 Å². The highest BCUT2D eigenvalue weighted by Crippen LogP contribution is 2.48. The molecule has 1 heterocycles. The van der Waals surface area contributed by atoms with Gasteiger partial charge in [0, 0.05) is 41.3 Å². The van der Waals surface area contributed by atoms with Crippen LogP contribution in [0.2, 0.25) is 0 Å². The molecule has 2 atom stereocenters. The second kappa shape index (κ2) is 10.0. The third-order valence-electron chi connectivity index (χ3n) is 6.33. The Morgan fingerprint density at radius 2 is 1.82 bits per heavy atom. The monoisotopic (exact) mass is 447 g/mol. The van der Waals surface area contributed by atoms with E-state index in [4.69, 9.17) is 19.2 Å². The van der Waals surface area contributed by atoms with Gasteiger partial charge in [0.25, 0.3) is 0 Å². The van der Waals surface area contributed by atoms with Crippen molar-refractivity contribution in [2.75, 3.05) is 20.8 Å². The van der Waals surface area contributed by atoms with Gasteiger partial charge in [-0.3, -0.25) is 14.6 Å². The van der Waals surface area contributed by atoms with Gasteiger partial charge in [0.1, 0.15) is 5.92 Å². The van der Waals surface area contributed by atoms with Gasteiger partial charge >= 0.3 is 5.97 Å². The molecule has 0 fully saturated rings. The summed E-state index contributed by atoms with van der Waals surface area (Å²) in [5, 5.41) is 0. The summed E-state index contributed by atoms with van der Waals surface area (Å²) in [6.45, 7) is 2.10. The van der Waals surface area contributed by atoms with Crippen molar-refractivity contribution >= 4 is 17.5 Å². The maximum atomic E-state index is 13.4. The van der Waals surface area contributed by atoms with Gasteiger partial charge < -0.3 is 14.2 Å². The molecule has 6 nitrogen and oxygen atoms in total. The highest BCUT2D eigenvalue weighted by atomic mass is 16.5. The number of ether oxygens (including phenoxy) is 3. The molecule has 0 saturated heterocycles. The minimum atomic E-state index is -0.706. The molecule has 33 heavy (non-hydrogen) atoms. The van der Waals surface area contributed by atoms with E-state index in [0.29, 0.717) is 35.6 Å². The maximum Gasteiger partial charge on any atom is 0.315 e. The average Bonchev–Trinajstić information content (AvgIpc) is 2.83. The standard InChI is InChI=1S/C27H29NO5/c1-17-23(27(30)33-16-15-18-9-5-4-6-10-18)24(25-20(28-17)12-8-13-21(25)29)19-11-7-14-22(31-2)26(19)32-3/h4-7,9-11,14,23-24H,8,12-13,15-16H2,1-3H3/t23?,24-/m1/s1. The topological polar surface area (TPSA) is 74.2 Å². The number of benzene rings is 2. The van der Waals surface area contributed by atoms with E-state index >= 15 is 0 Å². The number of allylic oxidation sites excluding steroid dienone is 2. The summed E-state index contributed by atoms with van der Waals surface area (Å²) in [7, 11) is 3.14. The molecule has 0 saturated carbocycles. The van der Waals surface area contributed by atoms with Crippen molar-refractivity contribution in [1.82, 2.24) is 0 Å². The molecule has 4 rings (SSSR count). The molecule has 2 aromatic rings. The molecule has 1 aliphatic heterocycles. The van der Waals surface area contributed by atoms with Crippen molar-refractivity contribution in [2.45, 2.75) is 38.5 Å². The van der Waals surface area contributed by atoms with E-state index in [1.54, 1.807) is 20.3 Å². The normalized spacial score (nSPS) is 20.1. The lowest BCUT2D eigenvalue weighted by Crippen LogP contribution is -2.37. The van der Waals surface area contributed by atoms with Gasteiger partial charge in [0.2, 0.25) is 0 Å². The Bertz CT molecular complexity index is 1100. The summed E-state index contributed by atoms with van der Waals surface area (Å²) in [6.07, 6.45) is 2.56. The highest BCUT2D eigenvalue weighted by molar-refractivity contribution is 6.09. The molecular weight excluding hydrogens is 418 g/mol. The van der Waals surface area contributed by atoms with E-state index in [2.05, 4.69) is 0 Å². The van der Waals surface area contributed by atoms with Crippen molar-refractivity contribution in [2.24, 2.45) is 10.9 Å². The van der Waals surface area contributed by atoms with Crippen molar-refractivity contribution < 1.29 is 23.8 Å². The molecular formula is C27H29NO5. The van der Waals surface area contributed by atoms with Crippen molar-refractivity contribution in [3.8, 4) is 11.5 Å². The van der Waals surface area contributed by atoms with Gasteiger partial charge in [-0.15, -0.1) is 0 Å². The zero-order valence-corrected chi connectivity index (χ0v) is 19.3. The zero-order valence-electron chi connectivity index (χ0n) is 19.3. The molecule has 0 aromatic heterocycles. The predicted molar refractivity (Wildman–Crippen MR) is 126 cm³/mol. The van der Waals surface area contributed by atoms with Gasteiger partial charge in [0.15, 0.2) is 17.3 Å². The van der Waals surface area contributed by atoms with Crippen LogP contribution in [0.1, 0.15) is 43.2 Å². The first-order valence-electron chi connectivity index (χ1n) is 11.3. The average molecular weight is 448 g/mol. The van der Waals surface area contributed by atoms with E-state index in [1.807, 2.05) is 49.4 Å². The van der Waals surface area contributed by atoms with Crippen LogP contribution in [0.15, 0.2) is 64.8 Å². The smallest absolute Gasteiger partial charge is 0.315 e. The first kappa shape index (κ1) is 22.8. The lowest BCUT2D eigenvalue weighted by molar-refractivity contribution is -0.146. The minimum Gasteiger partial charge on any atom is -0.493 e. The van der Waals surface area contributed by atoms with Crippen LogP contribution in [-0.2, 0) is 20.7 Å². The summed E-state index contributed by atoms with van der Waals surface area (Å²) in [4.78, 5) is 31.2. The fourth-order valence-corrected chi connectivity index (χ4v) is 4.81. The number of para-hydroxylation sites is 1. The Kier molecular flexibility index (Phi) is 6.92. The molecule has 0 bridgehead atoms. The van der Waals surface area contributed by atoms with Gasteiger partial charge in [-0.05, 0) is 31.4 Å². The maximum absolute atomic E-state index is 13.4. The second-order valence-electron chi connectivity index (χ2n) is 8.33. The van der Waals surface area contributed by atoms with Gasteiger partial charge in [-0.1, -0.05) is 42.5 Å². The first-order valence-corrected chi connectivity index (χ1v) is 11.3. The SMILES string of the molecule is COc1cccc([C@H]2C3=C(CCCC3=O)N=C(C)C2C(=O)OCCc2ccccc2)c1OC. The highest BCUT2D eigenvalue weighted by Gasteiger charge is 2.44. The van der Waals surface area contributed by atoms with E-state index in [0.717, 1.165) is 29.7 Å². The number of aliphatic imine (C=N–C) groups is 1. The Hall–Kier alpha value is -3.41. The summed E-state index contributed by atoms with van der Waals surface area (Å²) < 4.78 is 16.9. The Morgan fingerprint density at radius 1 is 1.03 bits per heavy atom. The van der Waals surface area contributed by atoms with Crippen LogP contribution in [0.3, 0.4) is 0 Å². The van der Waals surface area contributed by atoms with E-state index in [9.17, 15) is 9.59 Å². The number of hydrogen-bond acceptors (Lipinski definition) is 6. The molecule has 6 heteroatoms. The predicted octanol–water partition coefficient (Wildman–Crippen LogP) is 4.67. The molecule has 2 aliphatic rings. The number of methoxy groups -OCH3 is 2. The number of carbonyl (C=O) groups is 2. The number of carbonyl (C=O) groups excluding carboxylic acids is 2. The van der Waals surface area contributed by atoms with Crippen molar-refractivity contribution in [3.05, 3.63) is 70.9 Å². The fourth-order valence-electron chi connectivity index (χ4n) is 4.81. The third kappa shape index (κ3) is 4.56. The number of hydrogen-bond donors (Lipinski definition) is 0. The Balaban J connectivity index is 1.70. The molecule has 0 amide bonds. The first-order chi connectivity index (χ1) is 16.0. The van der Waals surface area contributed by atoms with Gasteiger partial charge in [-0.2, -0.15) is 0 Å². The minimum absolute atomic E-state index is 0.0319. The van der Waals surface area contributed by atoms with E-state index in [1.165, 1.54) is 0 Å². The lowest BCUT2D eigenvalue weighted by Gasteiger charge is -2.35. The fraction of sp³-hybridized carbons (Fsp3) is 0.370. The van der Waals surface area contributed by atoms with Crippen LogP contribution in [-0.4, -0.2) is 38.3 Å². The Labute approximate surface area is 194 Å². The lowest BCUT2D eigenvalue weighted by atomic mass is 9.71. The quantitative estimate of drug-likeness (QED) is 0.577. The summed E-state index contributed by atoms with van der Waals surface area (Å²) >= 11 is 0. The van der Waals surface area contributed by atoms with Crippen molar-refractivity contribution in [1.29, 1.82) is 0 Å². The van der Waals surface area contributed by atoms with Crippen LogP contribution in [0.4, 0.5) is 0 Å². The van der Waals surface area contributed by atoms with Crippen LogP contribution < -0.4 is 9.47 Å². The molecule has 172 valence electrons. The Morgan fingerprint density at radius 3 is 2.55 bits per heavy atom. The molecule has 0 N–H and O–H groups in total. The molecule has 0 spiro atoms. The van der Waals surface area contributed by atoms with Crippen LogP contribution >= 0.6 is 0 Å². The molecule has 1 unspecified atom stereocenters. The number of ketones is 1. The summed E-state index contributed by atoms with van der Waals surface area (Å²) in [5.41, 5.74) is 3.86. The molecule has 2 aromatic carbocycles. The number of rotatable bonds is 7. The van der Waals surface area contributed by atoms with E-state index < -0.39 is 11.8 Å². The number of esters is 1.